The van der Waals surface area contributed by atoms with Gasteiger partial charge in [0.2, 0.25) is 0 Å². The van der Waals surface area contributed by atoms with Gasteiger partial charge < -0.3 is 5.11 Å². The Morgan fingerprint density at radius 3 is 1.82 bits per heavy atom. The van der Waals surface area contributed by atoms with Crippen molar-refractivity contribution in [2.24, 2.45) is 0 Å². The van der Waals surface area contributed by atoms with Crippen molar-refractivity contribution in [3.63, 3.8) is 0 Å². The first-order valence-electron chi connectivity index (χ1n) is 6.26. The van der Waals surface area contributed by atoms with E-state index in [0.717, 1.165) is 18.6 Å². The molecule has 0 aromatic heterocycles. The second-order valence-corrected chi connectivity index (χ2v) is 5.11. The molecule has 0 radical (unpaired) electrons. The number of aryl methyl sites for hydroxylation is 2. The lowest BCUT2D eigenvalue weighted by atomic mass is 9.85. The van der Waals surface area contributed by atoms with Crippen LogP contribution in [0.1, 0.15) is 16.7 Å². The average Bonchev–Trinajstić information content (AvgIpc) is 2.37. The first-order chi connectivity index (χ1) is 9.91. The summed E-state index contributed by atoms with van der Waals surface area (Å²) in [6.45, 7) is 2.83. The molecule has 120 valence electrons. The molecule has 0 unspecified atom stereocenters. The third kappa shape index (κ3) is 2.24. The van der Waals surface area contributed by atoms with E-state index < -0.39 is 23.5 Å². The normalized spacial score (nSPS) is 13.7. The molecule has 0 saturated carbocycles. The largest absolute Gasteiger partial charge is 0.430 e. The van der Waals surface area contributed by atoms with E-state index in [0.29, 0.717) is 11.5 Å². The molecule has 0 heterocycles. The third-order valence-corrected chi connectivity index (χ3v) is 3.76. The van der Waals surface area contributed by atoms with Crippen LogP contribution in [0.2, 0.25) is 0 Å². The van der Waals surface area contributed by atoms with Crippen LogP contribution in [0.3, 0.4) is 0 Å². The van der Waals surface area contributed by atoms with Crippen LogP contribution in [-0.4, -0.2) is 17.5 Å². The molecule has 2 aromatic rings. The number of aliphatic hydroxyl groups is 1. The number of benzene rings is 2. The van der Waals surface area contributed by atoms with Crippen LogP contribution in [0.15, 0.2) is 30.3 Å². The molecule has 22 heavy (non-hydrogen) atoms. The Labute approximate surface area is 122 Å². The molecular weight excluding hydrogens is 310 g/mol. The maximum absolute atomic E-state index is 13.0. The molecular formula is C15H12F6O. The lowest BCUT2D eigenvalue weighted by Gasteiger charge is -2.34. The molecule has 0 aliphatic carbocycles. The zero-order valence-electron chi connectivity index (χ0n) is 11.6. The Bertz CT molecular complexity index is 700. The fourth-order valence-electron chi connectivity index (χ4n) is 2.52. The van der Waals surface area contributed by atoms with Gasteiger partial charge in [0, 0.05) is 5.56 Å². The Kier molecular flexibility index (Phi) is 3.68. The van der Waals surface area contributed by atoms with Gasteiger partial charge >= 0.3 is 12.4 Å². The van der Waals surface area contributed by atoms with Crippen molar-refractivity contribution >= 4 is 10.8 Å². The summed E-state index contributed by atoms with van der Waals surface area (Å²) in [5, 5.41) is 10.3. The third-order valence-electron chi connectivity index (χ3n) is 3.76. The highest BCUT2D eigenvalue weighted by Gasteiger charge is 2.71. The van der Waals surface area contributed by atoms with Gasteiger partial charge in [-0.05, 0) is 35.7 Å². The minimum atomic E-state index is -5.88. The van der Waals surface area contributed by atoms with Gasteiger partial charge in [0.05, 0.1) is 0 Å². The minimum Gasteiger partial charge on any atom is -0.369 e. The fraction of sp³-hybridized carbons (Fsp3) is 0.333. The van der Waals surface area contributed by atoms with E-state index in [9.17, 15) is 31.4 Å². The van der Waals surface area contributed by atoms with Crippen LogP contribution < -0.4 is 0 Å². The van der Waals surface area contributed by atoms with E-state index >= 15 is 0 Å². The molecule has 0 bridgehead atoms. The molecule has 0 spiro atoms. The molecule has 0 atom stereocenters. The molecule has 2 rings (SSSR count). The smallest absolute Gasteiger partial charge is 0.369 e. The summed E-state index contributed by atoms with van der Waals surface area (Å²) < 4.78 is 77.9. The molecule has 0 aliphatic heterocycles. The van der Waals surface area contributed by atoms with Gasteiger partial charge in [-0.25, -0.2) is 0 Å². The molecule has 2 aromatic carbocycles. The summed E-state index contributed by atoms with van der Waals surface area (Å²) in [4.78, 5) is 0. The van der Waals surface area contributed by atoms with Crippen LogP contribution in [0.25, 0.3) is 10.8 Å². The number of fused-ring (bicyclic) bond motifs is 1. The first kappa shape index (κ1) is 16.6. The highest BCUT2D eigenvalue weighted by atomic mass is 19.4. The Hall–Kier alpha value is -1.76. The lowest BCUT2D eigenvalue weighted by molar-refractivity contribution is -0.376. The van der Waals surface area contributed by atoms with Crippen LogP contribution in [0.4, 0.5) is 26.3 Å². The predicted octanol–water partition coefficient (Wildman–Crippen LogP) is 4.77. The number of hydrogen-bond acceptors (Lipinski definition) is 1. The van der Waals surface area contributed by atoms with Crippen LogP contribution in [-0.2, 0) is 5.60 Å². The summed E-state index contributed by atoms with van der Waals surface area (Å²) in [6.07, 6.45) is -11.8. The standard InChI is InChI=1S/C15H12F6O/c1-8-4-3-5-11-9(2)12(7-6-10(8)11)13(22,14(16,17)18)15(19,20)21/h3-7,22H,1-2H3. The van der Waals surface area contributed by atoms with Gasteiger partial charge in [-0.15, -0.1) is 0 Å². The van der Waals surface area contributed by atoms with Crippen molar-refractivity contribution in [2.75, 3.05) is 0 Å². The predicted molar refractivity (Wildman–Crippen MR) is 69.4 cm³/mol. The molecule has 1 nitrogen and oxygen atoms in total. The van der Waals surface area contributed by atoms with Gasteiger partial charge in [0.15, 0.2) is 0 Å². The van der Waals surface area contributed by atoms with Crippen LogP contribution >= 0.6 is 0 Å². The van der Waals surface area contributed by atoms with Crippen molar-refractivity contribution in [3.05, 3.63) is 47.0 Å². The van der Waals surface area contributed by atoms with Crippen molar-refractivity contribution in [2.45, 2.75) is 31.8 Å². The zero-order chi connectivity index (χ0) is 16.9. The maximum atomic E-state index is 13.0. The summed E-state index contributed by atoms with van der Waals surface area (Å²) in [5.41, 5.74) is -5.64. The van der Waals surface area contributed by atoms with Crippen LogP contribution in [0.5, 0.6) is 0 Å². The number of halogens is 6. The Morgan fingerprint density at radius 1 is 0.773 bits per heavy atom. The Morgan fingerprint density at radius 2 is 1.32 bits per heavy atom. The number of alkyl halides is 6. The van der Waals surface area contributed by atoms with Gasteiger partial charge in [-0.3, -0.25) is 0 Å². The lowest BCUT2D eigenvalue weighted by Crippen LogP contribution is -2.54. The SMILES string of the molecule is Cc1cccc2c(C)c(C(O)(C(F)(F)F)C(F)(F)F)ccc12. The molecule has 0 amide bonds. The summed E-state index contributed by atoms with van der Waals surface area (Å²) in [6, 6.07) is 6.51. The monoisotopic (exact) mass is 322 g/mol. The van der Waals surface area contributed by atoms with E-state index in [1.807, 2.05) is 0 Å². The zero-order valence-corrected chi connectivity index (χ0v) is 11.6. The van der Waals surface area contributed by atoms with Crippen molar-refractivity contribution in [3.8, 4) is 0 Å². The second-order valence-electron chi connectivity index (χ2n) is 5.11. The highest BCUT2D eigenvalue weighted by molar-refractivity contribution is 5.89. The van der Waals surface area contributed by atoms with Crippen LogP contribution in [0, 0.1) is 13.8 Å². The van der Waals surface area contributed by atoms with Gasteiger partial charge in [0.25, 0.3) is 5.60 Å². The van der Waals surface area contributed by atoms with Crippen molar-refractivity contribution in [1.29, 1.82) is 0 Å². The Balaban J connectivity index is 2.86. The van der Waals surface area contributed by atoms with E-state index in [4.69, 9.17) is 0 Å². The quantitative estimate of drug-likeness (QED) is 0.750. The van der Waals surface area contributed by atoms with E-state index in [-0.39, 0.29) is 10.9 Å². The van der Waals surface area contributed by atoms with E-state index in [1.54, 1.807) is 13.0 Å². The highest BCUT2D eigenvalue weighted by Crippen LogP contribution is 2.51. The van der Waals surface area contributed by atoms with Gasteiger partial charge in [-0.2, -0.15) is 26.3 Å². The second kappa shape index (κ2) is 4.87. The maximum Gasteiger partial charge on any atom is 0.430 e. The topological polar surface area (TPSA) is 20.2 Å². The van der Waals surface area contributed by atoms with Gasteiger partial charge in [0.1, 0.15) is 0 Å². The summed E-state index contributed by atoms with van der Waals surface area (Å²) in [5.74, 6) is 0. The molecule has 1 N–H and O–H groups in total. The number of rotatable bonds is 1. The molecule has 0 aliphatic rings. The average molecular weight is 322 g/mol. The first-order valence-corrected chi connectivity index (χ1v) is 6.26. The summed E-state index contributed by atoms with van der Waals surface area (Å²) >= 11 is 0. The fourth-order valence-corrected chi connectivity index (χ4v) is 2.52. The van der Waals surface area contributed by atoms with E-state index in [1.165, 1.54) is 12.1 Å². The van der Waals surface area contributed by atoms with E-state index in [2.05, 4.69) is 0 Å². The number of hydrogen-bond donors (Lipinski definition) is 1. The molecule has 7 heteroatoms. The molecule has 0 fully saturated rings. The van der Waals surface area contributed by atoms with Crippen molar-refractivity contribution in [1.82, 2.24) is 0 Å². The minimum absolute atomic E-state index is 0.240. The molecule has 0 saturated heterocycles. The van der Waals surface area contributed by atoms with Gasteiger partial charge in [-0.1, -0.05) is 30.3 Å². The van der Waals surface area contributed by atoms with Crippen molar-refractivity contribution < 1.29 is 31.4 Å². The summed E-state index contributed by atoms with van der Waals surface area (Å²) in [7, 11) is 0.